The van der Waals surface area contributed by atoms with E-state index in [1.807, 2.05) is 50.2 Å². The number of anilines is 1. The van der Waals surface area contributed by atoms with Gasteiger partial charge in [-0.1, -0.05) is 30.3 Å². The summed E-state index contributed by atoms with van der Waals surface area (Å²) >= 11 is 1.63. The molecule has 1 aliphatic heterocycles. The molecule has 2 atom stereocenters. The van der Waals surface area contributed by atoms with Crippen molar-refractivity contribution in [2.24, 2.45) is 5.73 Å². The Morgan fingerprint density at radius 2 is 1.81 bits per heavy atom. The van der Waals surface area contributed by atoms with Crippen molar-refractivity contribution in [3.8, 4) is 6.07 Å². The largest absolute Gasteiger partial charge is 0.384 e. The lowest BCUT2D eigenvalue weighted by Crippen LogP contribution is -2.40. The van der Waals surface area contributed by atoms with Gasteiger partial charge < -0.3 is 5.73 Å². The highest BCUT2D eigenvalue weighted by atomic mass is 32.1. The molecule has 1 aromatic heterocycles. The highest BCUT2D eigenvalue weighted by Gasteiger charge is 2.43. The van der Waals surface area contributed by atoms with Crippen molar-refractivity contribution in [3.05, 3.63) is 114 Å². The molecule has 0 bridgehead atoms. The molecule has 8 heteroatoms. The molecule has 0 unspecified atom stereocenters. The number of nitriles is 1. The van der Waals surface area contributed by atoms with Gasteiger partial charge in [0.15, 0.2) is 5.78 Å². The molecule has 0 saturated carbocycles. The third-order valence-corrected chi connectivity index (χ3v) is 7.93. The summed E-state index contributed by atoms with van der Waals surface area (Å²) in [6, 6.07) is 20.3. The first-order chi connectivity index (χ1) is 17.3. The molecule has 2 aromatic carbocycles. The Bertz CT molecular complexity index is 1480. The number of nitro benzene ring substituents is 1. The average molecular weight is 497 g/mol. The predicted molar refractivity (Wildman–Crippen MR) is 139 cm³/mol. The number of ketones is 1. The van der Waals surface area contributed by atoms with Crippen molar-refractivity contribution < 1.29 is 9.72 Å². The maximum absolute atomic E-state index is 13.9. The Labute approximate surface area is 212 Å². The van der Waals surface area contributed by atoms with Crippen LogP contribution in [0.1, 0.15) is 45.6 Å². The molecule has 7 nitrogen and oxygen atoms in total. The average Bonchev–Trinajstić information content (AvgIpc) is 3.21. The van der Waals surface area contributed by atoms with E-state index in [0.717, 1.165) is 26.6 Å². The molecule has 0 spiro atoms. The first-order valence-electron chi connectivity index (χ1n) is 11.6. The van der Waals surface area contributed by atoms with Crippen molar-refractivity contribution in [2.75, 3.05) is 4.90 Å². The lowest BCUT2D eigenvalue weighted by molar-refractivity contribution is -0.384. The van der Waals surface area contributed by atoms with E-state index in [2.05, 4.69) is 6.07 Å². The van der Waals surface area contributed by atoms with Crippen LogP contribution < -0.4 is 10.6 Å². The molecule has 0 saturated heterocycles. The SMILES string of the molecule is Cc1cc([C@@H]2C(C#N)=C(N)N(c3ccc([N+](=O)[O-])cc3)C3=C2C(=O)C[C@H](c2ccccc2)C3)c(C)s1. The van der Waals surface area contributed by atoms with Crippen LogP contribution in [0.3, 0.4) is 0 Å². The van der Waals surface area contributed by atoms with Crippen LogP contribution in [0.15, 0.2) is 83.3 Å². The van der Waals surface area contributed by atoms with Crippen LogP contribution in [0.2, 0.25) is 0 Å². The minimum Gasteiger partial charge on any atom is -0.384 e. The molecule has 5 rings (SSSR count). The molecule has 3 aromatic rings. The molecular weight excluding hydrogens is 472 g/mol. The van der Waals surface area contributed by atoms with Gasteiger partial charge in [0.1, 0.15) is 5.82 Å². The molecule has 1 aliphatic carbocycles. The summed E-state index contributed by atoms with van der Waals surface area (Å²) < 4.78 is 0. The zero-order valence-corrected chi connectivity index (χ0v) is 20.7. The summed E-state index contributed by atoms with van der Waals surface area (Å²) in [7, 11) is 0. The van der Waals surface area contributed by atoms with E-state index in [0.29, 0.717) is 29.7 Å². The van der Waals surface area contributed by atoms with Crippen LogP contribution in [0.5, 0.6) is 0 Å². The lowest BCUT2D eigenvalue weighted by atomic mass is 9.72. The number of hydrogen-bond donors (Lipinski definition) is 1. The van der Waals surface area contributed by atoms with Gasteiger partial charge in [-0.2, -0.15) is 5.26 Å². The second-order valence-electron chi connectivity index (χ2n) is 9.12. The number of hydrogen-bond acceptors (Lipinski definition) is 7. The van der Waals surface area contributed by atoms with E-state index in [1.165, 1.54) is 12.1 Å². The number of carbonyl (C=O) groups excluding carboxylic acids is 1. The number of carbonyl (C=O) groups is 1. The summed E-state index contributed by atoms with van der Waals surface area (Å²) in [6.07, 6.45) is 0.897. The van der Waals surface area contributed by atoms with Crippen LogP contribution in [-0.2, 0) is 4.79 Å². The van der Waals surface area contributed by atoms with Crippen molar-refractivity contribution in [3.63, 3.8) is 0 Å². The Balaban J connectivity index is 1.73. The van der Waals surface area contributed by atoms with E-state index < -0.39 is 10.8 Å². The second kappa shape index (κ2) is 9.10. The van der Waals surface area contributed by atoms with Crippen molar-refractivity contribution in [1.82, 2.24) is 0 Å². The number of thiophene rings is 1. The van der Waals surface area contributed by atoms with Gasteiger partial charge in [-0.25, -0.2) is 0 Å². The van der Waals surface area contributed by atoms with Crippen molar-refractivity contribution >= 4 is 28.5 Å². The fraction of sp³-hybridized carbons (Fsp3) is 0.214. The van der Waals surface area contributed by atoms with Gasteiger partial charge in [-0.05, 0) is 55.5 Å². The molecule has 2 aliphatic rings. The number of allylic oxidation sites excluding steroid dienone is 3. The summed E-state index contributed by atoms with van der Waals surface area (Å²) in [4.78, 5) is 28.5. The number of benzene rings is 2. The minimum absolute atomic E-state index is 0.00878. The van der Waals surface area contributed by atoms with Gasteiger partial charge >= 0.3 is 0 Å². The normalized spacial score (nSPS) is 19.8. The maximum atomic E-state index is 13.9. The molecule has 36 heavy (non-hydrogen) atoms. The molecule has 180 valence electrons. The third-order valence-electron chi connectivity index (χ3n) is 6.95. The smallest absolute Gasteiger partial charge is 0.269 e. The number of nitrogens with two attached hydrogens (primary N) is 1. The predicted octanol–water partition coefficient (Wildman–Crippen LogP) is 5.97. The zero-order valence-electron chi connectivity index (χ0n) is 19.9. The van der Waals surface area contributed by atoms with Crippen molar-refractivity contribution in [2.45, 2.75) is 38.5 Å². The minimum atomic E-state index is -0.534. The number of nitrogens with zero attached hydrogens (tertiary/aromatic N) is 3. The van der Waals surface area contributed by atoms with Gasteiger partial charge in [0.25, 0.3) is 5.69 Å². The van der Waals surface area contributed by atoms with Crippen LogP contribution in [-0.4, -0.2) is 10.7 Å². The monoisotopic (exact) mass is 496 g/mol. The van der Waals surface area contributed by atoms with Crippen LogP contribution in [0.25, 0.3) is 0 Å². The van der Waals surface area contributed by atoms with Gasteiger partial charge in [0.2, 0.25) is 0 Å². The maximum Gasteiger partial charge on any atom is 0.269 e. The quantitative estimate of drug-likeness (QED) is 0.352. The number of nitro groups is 1. The van der Waals surface area contributed by atoms with Crippen LogP contribution in [0.4, 0.5) is 11.4 Å². The summed E-state index contributed by atoms with van der Waals surface area (Å²) in [6.45, 7) is 4.01. The topological polar surface area (TPSA) is 113 Å². The third kappa shape index (κ3) is 3.88. The molecule has 0 radical (unpaired) electrons. The summed E-state index contributed by atoms with van der Waals surface area (Å²) in [5.41, 5.74) is 10.9. The fourth-order valence-corrected chi connectivity index (χ4v) is 6.32. The molecule has 0 fully saturated rings. The van der Waals surface area contributed by atoms with E-state index in [4.69, 9.17) is 5.73 Å². The molecule has 2 heterocycles. The van der Waals surface area contributed by atoms with E-state index in [9.17, 15) is 20.2 Å². The summed E-state index contributed by atoms with van der Waals surface area (Å²) in [5.74, 6) is -0.334. The Hall–Kier alpha value is -4.22. The van der Waals surface area contributed by atoms with Gasteiger partial charge in [-0.15, -0.1) is 11.3 Å². The number of Topliss-reactive ketones (excluding diaryl/α,β-unsaturated/α-hetero) is 1. The lowest BCUT2D eigenvalue weighted by Gasteiger charge is -2.41. The fourth-order valence-electron chi connectivity index (χ4n) is 5.36. The first kappa shape index (κ1) is 23.5. The summed E-state index contributed by atoms with van der Waals surface area (Å²) in [5, 5.41) is 21.5. The second-order valence-corrected chi connectivity index (χ2v) is 10.6. The van der Waals surface area contributed by atoms with E-state index >= 15 is 0 Å². The van der Waals surface area contributed by atoms with Crippen LogP contribution >= 0.6 is 11.3 Å². The zero-order chi connectivity index (χ0) is 25.6. The number of non-ortho nitro benzene ring substituents is 1. The Kier molecular flexibility index (Phi) is 5.94. The van der Waals surface area contributed by atoms with Crippen molar-refractivity contribution in [1.29, 1.82) is 5.26 Å². The standard InChI is InChI=1S/C28H24N4O3S/c1-16-12-22(17(2)36-16)26-23(15-29)28(30)31(20-8-10-21(11-9-20)32(34)35)24-13-19(14-25(33)27(24)26)18-6-4-3-5-7-18/h3-12,19,26H,13-14,30H2,1-2H3/t19-,26-/m1/s1. The number of aryl methyl sites for hydroxylation is 2. The van der Waals surface area contributed by atoms with E-state index in [1.54, 1.807) is 28.4 Å². The highest BCUT2D eigenvalue weighted by Crippen LogP contribution is 2.50. The molecule has 0 amide bonds. The highest BCUT2D eigenvalue weighted by molar-refractivity contribution is 7.12. The molecular formula is C28H24N4O3S. The first-order valence-corrected chi connectivity index (χ1v) is 12.4. The van der Waals surface area contributed by atoms with Gasteiger partial charge in [0.05, 0.1) is 22.5 Å². The Morgan fingerprint density at radius 3 is 2.39 bits per heavy atom. The Morgan fingerprint density at radius 1 is 1.11 bits per heavy atom. The van der Waals surface area contributed by atoms with E-state index in [-0.39, 0.29) is 23.2 Å². The molecule has 2 N–H and O–H groups in total. The van der Waals surface area contributed by atoms with Gasteiger partial charge in [-0.3, -0.25) is 19.8 Å². The van der Waals surface area contributed by atoms with Gasteiger partial charge in [0, 0.05) is 45.3 Å². The van der Waals surface area contributed by atoms with Crippen LogP contribution in [0, 0.1) is 35.3 Å². The number of rotatable bonds is 4.